The van der Waals surface area contributed by atoms with Crippen molar-refractivity contribution in [3.63, 3.8) is 0 Å². The molecule has 0 radical (unpaired) electrons. The summed E-state index contributed by atoms with van der Waals surface area (Å²) in [5.74, 6) is 2.00. The van der Waals surface area contributed by atoms with Crippen LogP contribution in [0.5, 0.6) is 0 Å². The summed E-state index contributed by atoms with van der Waals surface area (Å²) in [5.41, 5.74) is 2.70. The van der Waals surface area contributed by atoms with E-state index in [1.165, 1.54) is 11.3 Å². The predicted molar refractivity (Wildman–Crippen MR) is 114 cm³/mol. The molecule has 28 heavy (non-hydrogen) atoms. The zero-order valence-electron chi connectivity index (χ0n) is 18.4. The van der Waals surface area contributed by atoms with Gasteiger partial charge in [0.1, 0.15) is 11.5 Å². The molecule has 2 aromatic rings. The van der Waals surface area contributed by atoms with Gasteiger partial charge in [-0.3, -0.25) is 9.58 Å². The fourth-order valence-corrected chi connectivity index (χ4v) is 4.78. The molecular formula is C23H36N4O. The van der Waals surface area contributed by atoms with E-state index in [2.05, 4.69) is 68.6 Å². The zero-order chi connectivity index (χ0) is 20.5. The first kappa shape index (κ1) is 20.9. The minimum absolute atomic E-state index is 0.103. The number of hydrogen-bond donors (Lipinski definition) is 1. The predicted octanol–water partition coefficient (Wildman–Crippen LogP) is 4.59. The summed E-state index contributed by atoms with van der Waals surface area (Å²) in [4.78, 5) is 2.57. The summed E-state index contributed by atoms with van der Waals surface area (Å²) in [6, 6.07) is 4.63. The Morgan fingerprint density at radius 3 is 2.46 bits per heavy atom. The van der Waals surface area contributed by atoms with Crippen LogP contribution in [0.2, 0.25) is 0 Å². The molecule has 0 aromatic carbocycles. The number of hydrogen-bond acceptors (Lipinski definition) is 4. The summed E-state index contributed by atoms with van der Waals surface area (Å²) in [6.07, 6.45) is 6.12. The van der Waals surface area contributed by atoms with Crippen LogP contribution in [-0.2, 0) is 19.6 Å². The standard InChI is InChI=1S/C23H36N4O/c1-8-11-27-18(3)19(14-24-27)15-26(16-21-10-9-17(2)28-21)20-12-22(4,5)25-23(6,7)13-20/h8-10,14,20,25H,1,11-13,15-16H2,2-7H3. The number of aromatic nitrogens is 2. The van der Waals surface area contributed by atoms with Crippen molar-refractivity contribution in [3.8, 4) is 0 Å². The van der Waals surface area contributed by atoms with E-state index in [0.717, 1.165) is 44.0 Å². The molecule has 1 aliphatic rings. The molecule has 5 heteroatoms. The van der Waals surface area contributed by atoms with E-state index in [-0.39, 0.29) is 11.1 Å². The minimum atomic E-state index is 0.103. The number of rotatable bonds is 7. The van der Waals surface area contributed by atoms with Crippen molar-refractivity contribution >= 4 is 0 Å². The van der Waals surface area contributed by atoms with Gasteiger partial charge in [0, 0.05) is 34.9 Å². The topological polar surface area (TPSA) is 46.2 Å². The molecule has 1 fully saturated rings. The van der Waals surface area contributed by atoms with Crippen molar-refractivity contribution < 1.29 is 4.42 Å². The normalized spacial score (nSPS) is 19.2. The van der Waals surface area contributed by atoms with Gasteiger partial charge in [-0.1, -0.05) is 6.08 Å². The molecule has 0 bridgehead atoms. The van der Waals surface area contributed by atoms with Gasteiger partial charge in [0.15, 0.2) is 0 Å². The lowest BCUT2D eigenvalue weighted by atomic mass is 9.79. The van der Waals surface area contributed by atoms with Gasteiger partial charge in [0.2, 0.25) is 0 Å². The van der Waals surface area contributed by atoms with Gasteiger partial charge < -0.3 is 9.73 Å². The van der Waals surface area contributed by atoms with Crippen molar-refractivity contribution in [2.75, 3.05) is 0 Å². The van der Waals surface area contributed by atoms with Crippen LogP contribution in [0.25, 0.3) is 0 Å². The average Bonchev–Trinajstić information content (AvgIpc) is 3.12. The first-order valence-electron chi connectivity index (χ1n) is 10.3. The molecule has 1 N–H and O–H groups in total. The summed E-state index contributed by atoms with van der Waals surface area (Å²) in [6.45, 7) is 19.7. The van der Waals surface area contributed by atoms with E-state index in [0.29, 0.717) is 6.04 Å². The fraction of sp³-hybridized carbons (Fsp3) is 0.609. The molecular weight excluding hydrogens is 348 g/mol. The first-order chi connectivity index (χ1) is 13.1. The molecule has 2 aromatic heterocycles. The van der Waals surface area contributed by atoms with Crippen molar-refractivity contribution in [3.05, 3.63) is 53.8 Å². The lowest BCUT2D eigenvalue weighted by molar-refractivity contribution is 0.0520. The number of aryl methyl sites for hydroxylation is 1. The van der Waals surface area contributed by atoms with E-state index in [4.69, 9.17) is 4.42 Å². The van der Waals surface area contributed by atoms with Gasteiger partial charge in [-0.2, -0.15) is 5.10 Å². The van der Waals surface area contributed by atoms with Crippen LogP contribution in [0.1, 0.15) is 63.3 Å². The molecule has 0 amide bonds. The first-order valence-corrected chi connectivity index (χ1v) is 10.3. The van der Waals surface area contributed by atoms with E-state index in [1.807, 2.05) is 23.9 Å². The quantitative estimate of drug-likeness (QED) is 0.709. The molecule has 154 valence electrons. The number of nitrogens with one attached hydrogen (secondary N) is 1. The molecule has 0 spiro atoms. The van der Waals surface area contributed by atoms with E-state index >= 15 is 0 Å². The summed E-state index contributed by atoms with van der Waals surface area (Å²) in [5, 5.41) is 8.36. The lowest BCUT2D eigenvalue weighted by Gasteiger charge is -2.49. The number of piperidine rings is 1. The Morgan fingerprint density at radius 1 is 1.21 bits per heavy atom. The second-order valence-electron chi connectivity index (χ2n) is 9.60. The molecule has 0 aliphatic carbocycles. The minimum Gasteiger partial charge on any atom is -0.465 e. The highest BCUT2D eigenvalue weighted by Crippen LogP contribution is 2.33. The van der Waals surface area contributed by atoms with E-state index in [1.54, 1.807) is 0 Å². The largest absolute Gasteiger partial charge is 0.465 e. The number of allylic oxidation sites excluding steroid dienone is 1. The van der Waals surface area contributed by atoms with Gasteiger partial charge >= 0.3 is 0 Å². The summed E-state index contributed by atoms with van der Waals surface area (Å²) < 4.78 is 7.95. The van der Waals surface area contributed by atoms with Gasteiger partial charge in [0.25, 0.3) is 0 Å². The third-order valence-electron chi connectivity index (χ3n) is 5.72. The highest BCUT2D eigenvalue weighted by Gasteiger charge is 2.40. The third kappa shape index (κ3) is 4.95. The highest BCUT2D eigenvalue weighted by atomic mass is 16.3. The molecule has 3 heterocycles. The van der Waals surface area contributed by atoms with E-state index < -0.39 is 0 Å². The molecule has 5 nitrogen and oxygen atoms in total. The second-order valence-corrected chi connectivity index (χ2v) is 9.60. The Hall–Kier alpha value is -1.85. The van der Waals surface area contributed by atoms with Crippen LogP contribution in [0.15, 0.2) is 35.4 Å². The Bertz CT molecular complexity index is 798. The number of nitrogens with zero attached hydrogens (tertiary/aromatic N) is 3. The van der Waals surface area contributed by atoms with Crippen molar-refractivity contribution in [1.82, 2.24) is 20.0 Å². The maximum absolute atomic E-state index is 5.93. The second kappa shape index (κ2) is 7.88. The van der Waals surface area contributed by atoms with E-state index in [9.17, 15) is 0 Å². The Kier molecular flexibility index (Phi) is 5.87. The monoisotopic (exact) mass is 384 g/mol. The van der Waals surface area contributed by atoms with Crippen molar-refractivity contribution in [2.45, 2.75) is 91.1 Å². The van der Waals surface area contributed by atoms with Gasteiger partial charge in [-0.25, -0.2) is 0 Å². The lowest BCUT2D eigenvalue weighted by Crippen LogP contribution is -2.62. The Balaban J connectivity index is 1.87. The van der Waals surface area contributed by atoms with Crippen LogP contribution in [0, 0.1) is 13.8 Å². The van der Waals surface area contributed by atoms with Crippen LogP contribution in [-0.4, -0.2) is 31.8 Å². The van der Waals surface area contributed by atoms with Crippen LogP contribution in [0.4, 0.5) is 0 Å². The maximum atomic E-state index is 5.93. The van der Waals surface area contributed by atoms with Crippen molar-refractivity contribution in [2.24, 2.45) is 0 Å². The highest BCUT2D eigenvalue weighted by molar-refractivity contribution is 5.17. The van der Waals surface area contributed by atoms with Gasteiger partial charge in [-0.15, -0.1) is 6.58 Å². The molecule has 3 rings (SSSR count). The third-order valence-corrected chi connectivity index (χ3v) is 5.72. The smallest absolute Gasteiger partial charge is 0.118 e. The SMILES string of the molecule is C=CCn1ncc(CN(Cc2ccc(C)o2)C2CC(C)(C)NC(C)(C)C2)c1C. The van der Waals surface area contributed by atoms with Gasteiger partial charge in [0.05, 0.1) is 19.3 Å². The van der Waals surface area contributed by atoms with Gasteiger partial charge in [-0.05, 0) is 66.5 Å². The van der Waals surface area contributed by atoms with Crippen LogP contribution in [0.3, 0.4) is 0 Å². The maximum Gasteiger partial charge on any atom is 0.118 e. The Morgan fingerprint density at radius 2 is 1.89 bits per heavy atom. The number of furan rings is 1. The molecule has 0 unspecified atom stereocenters. The van der Waals surface area contributed by atoms with Crippen molar-refractivity contribution in [1.29, 1.82) is 0 Å². The summed E-state index contributed by atoms with van der Waals surface area (Å²) in [7, 11) is 0. The fourth-order valence-electron chi connectivity index (χ4n) is 4.78. The molecule has 0 atom stereocenters. The molecule has 1 aliphatic heterocycles. The Labute approximate surface area is 169 Å². The summed E-state index contributed by atoms with van der Waals surface area (Å²) >= 11 is 0. The molecule has 1 saturated heterocycles. The van der Waals surface area contributed by atoms with Crippen LogP contribution < -0.4 is 5.32 Å². The molecule has 0 saturated carbocycles. The van der Waals surface area contributed by atoms with Crippen LogP contribution >= 0.6 is 0 Å². The zero-order valence-corrected chi connectivity index (χ0v) is 18.4. The average molecular weight is 385 g/mol.